The average Bonchev–Trinajstić information content (AvgIpc) is 2.59. The van der Waals surface area contributed by atoms with Crippen molar-refractivity contribution in [3.05, 3.63) is 47.7 Å². The number of carbonyl (C=O) groups excluding carboxylic acids is 1. The van der Waals surface area contributed by atoms with Gasteiger partial charge < -0.3 is 9.47 Å². The quantitative estimate of drug-likeness (QED) is 0.539. The van der Waals surface area contributed by atoms with Crippen LogP contribution in [0.2, 0.25) is 0 Å². The topological polar surface area (TPSA) is 60.5 Å². The van der Waals surface area contributed by atoms with E-state index >= 15 is 0 Å². The average molecular weight is 372 g/mol. The van der Waals surface area contributed by atoms with E-state index in [4.69, 9.17) is 9.47 Å². The summed E-state index contributed by atoms with van der Waals surface area (Å²) in [4.78, 5) is 16.0. The van der Waals surface area contributed by atoms with Crippen LogP contribution in [0, 0.1) is 6.92 Å². The lowest BCUT2D eigenvalue weighted by molar-refractivity contribution is 0.0417. The smallest absolute Gasteiger partial charge is 0.412 e. The van der Waals surface area contributed by atoms with Crippen molar-refractivity contribution in [1.29, 1.82) is 0 Å². The molecular formula is C20H24N2O3S. The molecule has 0 spiro atoms. The Hall–Kier alpha value is -2.21. The van der Waals surface area contributed by atoms with Crippen LogP contribution in [0.5, 0.6) is 5.75 Å². The number of unbranched alkanes of at least 4 members (excludes halogenated alkanes) is 1. The summed E-state index contributed by atoms with van der Waals surface area (Å²) in [7, 11) is 0. The zero-order chi connectivity index (χ0) is 18.6. The molecule has 0 bridgehead atoms. The lowest BCUT2D eigenvalue weighted by Crippen LogP contribution is -2.35. The van der Waals surface area contributed by atoms with Crippen LogP contribution in [-0.2, 0) is 10.3 Å². The van der Waals surface area contributed by atoms with E-state index in [9.17, 15) is 4.79 Å². The number of benzene rings is 1. The van der Waals surface area contributed by atoms with Gasteiger partial charge in [-0.15, -0.1) is 11.8 Å². The second kappa shape index (κ2) is 7.99. The van der Waals surface area contributed by atoms with Gasteiger partial charge >= 0.3 is 6.09 Å². The van der Waals surface area contributed by atoms with Gasteiger partial charge in [-0.25, -0.2) is 9.78 Å². The molecule has 0 fully saturated rings. The molecule has 1 aliphatic heterocycles. The fourth-order valence-corrected chi connectivity index (χ4v) is 3.76. The highest BCUT2D eigenvalue weighted by atomic mass is 32.2. The number of nitrogens with one attached hydrogen (secondary N) is 1. The van der Waals surface area contributed by atoms with Gasteiger partial charge in [0.25, 0.3) is 0 Å². The van der Waals surface area contributed by atoms with Gasteiger partial charge in [-0.05, 0) is 69.2 Å². The van der Waals surface area contributed by atoms with Gasteiger partial charge in [-0.1, -0.05) is 6.07 Å². The van der Waals surface area contributed by atoms with E-state index in [0.717, 1.165) is 46.2 Å². The van der Waals surface area contributed by atoms with Crippen LogP contribution in [0.25, 0.3) is 0 Å². The maximum atomic E-state index is 11.7. The summed E-state index contributed by atoms with van der Waals surface area (Å²) in [6, 6.07) is 9.88. The second-order valence-electron chi connectivity index (χ2n) is 6.76. The Morgan fingerprint density at radius 3 is 2.88 bits per heavy atom. The van der Waals surface area contributed by atoms with E-state index in [1.54, 1.807) is 11.8 Å². The number of fused-ring (bicyclic) bond motifs is 1. The monoisotopic (exact) mass is 372 g/mol. The largest absolute Gasteiger partial charge is 0.494 e. The van der Waals surface area contributed by atoms with Crippen molar-refractivity contribution in [3.8, 4) is 5.75 Å². The van der Waals surface area contributed by atoms with Crippen molar-refractivity contribution in [2.24, 2.45) is 0 Å². The number of pyridine rings is 1. The summed E-state index contributed by atoms with van der Waals surface area (Å²) in [5.41, 5.74) is 2.08. The van der Waals surface area contributed by atoms with Crippen LogP contribution >= 0.6 is 11.8 Å². The highest BCUT2D eigenvalue weighted by Crippen LogP contribution is 2.39. The maximum Gasteiger partial charge on any atom is 0.412 e. The van der Waals surface area contributed by atoms with Crippen LogP contribution in [0.15, 0.2) is 41.6 Å². The first-order valence-electron chi connectivity index (χ1n) is 8.77. The number of hydrogen-bond acceptors (Lipinski definition) is 5. The summed E-state index contributed by atoms with van der Waals surface area (Å²) in [5, 5.41) is 3.84. The van der Waals surface area contributed by atoms with Crippen LogP contribution in [0.1, 0.15) is 37.8 Å². The molecule has 26 heavy (non-hydrogen) atoms. The molecule has 1 amide bonds. The van der Waals surface area contributed by atoms with E-state index in [-0.39, 0.29) is 0 Å². The highest BCUT2D eigenvalue weighted by molar-refractivity contribution is 7.99. The van der Waals surface area contributed by atoms with Gasteiger partial charge in [-0.2, -0.15) is 0 Å². The summed E-state index contributed by atoms with van der Waals surface area (Å²) >= 11 is 1.76. The van der Waals surface area contributed by atoms with E-state index in [2.05, 4.69) is 10.3 Å². The Morgan fingerprint density at radius 2 is 2.12 bits per heavy atom. The minimum Gasteiger partial charge on any atom is -0.494 e. The molecule has 0 saturated heterocycles. The molecule has 1 N–H and O–H groups in total. The van der Waals surface area contributed by atoms with Crippen molar-refractivity contribution in [2.45, 2.75) is 44.2 Å². The molecule has 3 rings (SSSR count). The Labute approximate surface area is 158 Å². The normalized spacial score (nSPS) is 15.0. The molecular weight excluding hydrogens is 348 g/mol. The standard InChI is InChI=1S/C20H24N2O3S/c1-14-12-15(13-16-18(14)22-19(23)25-20(16,2)3)24-10-6-7-11-26-17-8-4-5-9-21-17/h4-5,8-9,12-13H,6-7,10-11H2,1-3H3,(H,22,23). The van der Waals surface area contributed by atoms with Gasteiger partial charge in [0.2, 0.25) is 0 Å². The van der Waals surface area contributed by atoms with Crippen molar-refractivity contribution in [3.63, 3.8) is 0 Å². The van der Waals surface area contributed by atoms with Gasteiger partial charge in [-0.3, -0.25) is 5.32 Å². The van der Waals surface area contributed by atoms with Gasteiger partial charge in [0.1, 0.15) is 11.4 Å². The predicted molar refractivity (Wildman–Crippen MR) is 104 cm³/mol. The van der Waals surface area contributed by atoms with Crippen molar-refractivity contribution in [1.82, 2.24) is 4.98 Å². The molecule has 6 heteroatoms. The number of amides is 1. The first kappa shape index (κ1) is 18.6. The SMILES string of the molecule is Cc1cc(OCCCCSc2ccccn2)cc2c1NC(=O)OC2(C)C. The van der Waals surface area contributed by atoms with Crippen LogP contribution in [-0.4, -0.2) is 23.4 Å². The first-order chi connectivity index (χ1) is 12.5. The number of rotatable bonds is 7. The van der Waals surface area contributed by atoms with Crippen molar-refractivity contribution >= 4 is 23.5 Å². The van der Waals surface area contributed by atoms with E-state index in [0.29, 0.717) is 6.61 Å². The maximum absolute atomic E-state index is 11.7. The van der Waals surface area contributed by atoms with Gasteiger partial charge in [0, 0.05) is 11.8 Å². The molecule has 0 saturated carbocycles. The number of carbonyl (C=O) groups is 1. The Balaban J connectivity index is 1.51. The summed E-state index contributed by atoms with van der Waals surface area (Å²) in [5.74, 6) is 1.84. The third kappa shape index (κ3) is 4.49. The molecule has 0 radical (unpaired) electrons. The Morgan fingerprint density at radius 1 is 1.27 bits per heavy atom. The molecule has 5 nitrogen and oxygen atoms in total. The predicted octanol–water partition coefficient (Wildman–Crippen LogP) is 5.14. The Bertz CT molecular complexity index is 778. The van der Waals surface area contributed by atoms with E-state index < -0.39 is 11.7 Å². The van der Waals surface area contributed by atoms with Gasteiger partial charge in [0.15, 0.2) is 0 Å². The fourth-order valence-electron chi connectivity index (χ4n) is 2.90. The molecule has 2 heterocycles. The number of thioether (sulfide) groups is 1. The highest BCUT2D eigenvalue weighted by Gasteiger charge is 2.34. The minimum absolute atomic E-state index is 0.412. The van der Waals surface area contributed by atoms with Crippen LogP contribution in [0.4, 0.5) is 10.5 Å². The zero-order valence-corrected chi connectivity index (χ0v) is 16.2. The van der Waals surface area contributed by atoms with Crippen LogP contribution in [0.3, 0.4) is 0 Å². The van der Waals surface area contributed by atoms with Crippen molar-refractivity contribution < 1.29 is 14.3 Å². The molecule has 0 aliphatic carbocycles. The molecule has 0 atom stereocenters. The summed E-state index contributed by atoms with van der Waals surface area (Å²) in [6.07, 6.45) is 3.45. The Kier molecular flexibility index (Phi) is 5.71. The van der Waals surface area contributed by atoms with E-state index in [1.807, 2.05) is 57.3 Å². The summed E-state index contributed by atoms with van der Waals surface area (Å²) in [6.45, 7) is 6.41. The second-order valence-corrected chi connectivity index (χ2v) is 7.87. The van der Waals surface area contributed by atoms with Gasteiger partial charge in [0.05, 0.1) is 17.3 Å². The van der Waals surface area contributed by atoms with Crippen molar-refractivity contribution in [2.75, 3.05) is 17.7 Å². The molecule has 138 valence electrons. The number of anilines is 1. The lowest BCUT2D eigenvalue weighted by atomic mass is 9.92. The fraction of sp³-hybridized carbons (Fsp3) is 0.400. The number of aryl methyl sites for hydroxylation is 1. The molecule has 1 aromatic heterocycles. The zero-order valence-electron chi connectivity index (χ0n) is 15.4. The molecule has 1 aliphatic rings. The molecule has 0 unspecified atom stereocenters. The third-order valence-electron chi connectivity index (χ3n) is 4.23. The number of cyclic esters (lactones) is 1. The summed E-state index contributed by atoms with van der Waals surface area (Å²) < 4.78 is 11.3. The lowest BCUT2D eigenvalue weighted by Gasteiger charge is -2.33. The molecule has 2 aromatic rings. The minimum atomic E-state index is -0.666. The number of nitrogens with zero attached hydrogens (tertiary/aromatic N) is 1. The number of aromatic nitrogens is 1. The first-order valence-corrected chi connectivity index (χ1v) is 9.76. The van der Waals surface area contributed by atoms with E-state index in [1.165, 1.54) is 0 Å². The van der Waals surface area contributed by atoms with Crippen LogP contribution < -0.4 is 10.1 Å². The number of hydrogen-bond donors (Lipinski definition) is 1. The third-order valence-corrected chi connectivity index (χ3v) is 5.26. The molecule has 1 aromatic carbocycles. The number of ether oxygens (including phenoxy) is 2.